The Morgan fingerprint density at radius 3 is 2.66 bits per heavy atom. The summed E-state index contributed by atoms with van der Waals surface area (Å²) in [5.74, 6) is 0.105. The number of rotatable bonds is 4. The first-order valence-electron chi connectivity index (χ1n) is 11.0. The van der Waals surface area contributed by atoms with Crippen molar-refractivity contribution in [3.8, 4) is 39.9 Å². The molecule has 0 unspecified atom stereocenters. The fraction of sp³-hybridized carbons (Fsp3) is 0.120. The Kier molecular flexibility index (Phi) is 4.91. The van der Waals surface area contributed by atoms with E-state index in [1.807, 2.05) is 18.2 Å². The number of amides is 1. The van der Waals surface area contributed by atoms with Gasteiger partial charge in [-0.3, -0.25) is 9.78 Å². The molecule has 0 bridgehead atoms. The number of aromatic nitrogens is 6. The number of carbonyl (C=O) groups excluding carboxylic acids is 1. The van der Waals surface area contributed by atoms with Crippen molar-refractivity contribution < 1.29 is 13.7 Å². The molecule has 0 aliphatic carbocycles. The lowest BCUT2D eigenvalue weighted by molar-refractivity contribution is -0.116. The van der Waals surface area contributed by atoms with Gasteiger partial charge in [-0.15, -0.1) is 5.10 Å². The highest BCUT2D eigenvalue weighted by molar-refractivity contribution is 5.94. The van der Waals surface area contributed by atoms with Crippen LogP contribution in [0.1, 0.15) is 12.5 Å². The third-order valence-corrected chi connectivity index (χ3v) is 5.95. The van der Waals surface area contributed by atoms with Gasteiger partial charge in [0.25, 0.3) is 5.89 Å². The van der Waals surface area contributed by atoms with Gasteiger partial charge in [0.1, 0.15) is 17.2 Å². The van der Waals surface area contributed by atoms with Crippen molar-refractivity contribution in [2.45, 2.75) is 13.3 Å². The first-order valence-corrected chi connectivity index (χ1v) is 11.0. The Hall–Kier alpha value is -4.73. The minimum absolute atomic E-state index is 0.0138. The molecule has 4 heterocycles. The molecular formula is C25H18FN7O2. The number of hydrogen-bond acceptors (Lipinski definition) is 7. The Labute approximate surface area is 198 Å². The molecule has 0 saturated carbocycles. The summed E-state index contributed by atoms with van der Waals surface area (Å²) in [7, 11) is 0. The number of benzene rings is 2. The van der Waals surface area contributed by atoms with E-state index in [2.05, 4.69) is 25.4 Å². The summed E-state index contributed by atoms with van der Waals surface area (Å²) in [5.41, 5.74) is 4.48. The van der Waals surface area contributed by atoms with E-state index >= 15 is 0 Å². The summed E-state index contributed by atoms with van der Waals surface area (Å²) in [6.07, 6.45) is 4.02. The van der Waals surface area contributed by atoms with Crippen molar-refractivity contribution in [3.63, 3.8) is 0 Å². The fourth-order valence-electron chi connectivity index (χ4n) is 4.29. The smallest absolute Gasteiger partial charge is 0.281 e. The second-order valence-electron chi connectivity index (χ2n) is 8.07. The van der Waals surface area contributed by atoms with Crippen LogP contribution in [0.5, 0.6) is 0 Å². The van der Waals surface area contributed by atoms with Crippen LogP contribution in [-0.4, -0.2) is 42.6 Å². The zero-order valence-corrected chi connectivity index (χ0v) is 18.6. The summed E-state index contributed by atoms with van der Waals surface area (Å²) in [6, 6.07) is 15.6. The topological polar surface area (TPSA) is 103 Å². The molecule has 5 aromatic rings. The summed E-state index contributed by atoms with van der Waals surface area (Å²) in [5, 5.41) is 12.6. The number of para-hydroxylation sites is 1. The predicted octanol–water partition coefficient (Wildman–Crippen LogP) is 4.09. The molecule has 6 rings (SSSR count). The molecule has 9 nitrogen and oxygen atoms in total. The van der Waals surface area contributed by atoms with Gasteiger partial charge in [-0.2, -0.15) is 4.98 Å². The van der Waals surface area contributed by atoms with Crippen LogP contribution >= 0.6 is 0 Å². The standard InChI is InChI=1S/C25H18FN7O2/c1-15(34)32-13-10-17-14-18(6-7-20(17)32)24-28-25(35-30-24)22-23(16-8-11-27-12-9-16)33(31-29-22)21-5-3-2-4-19(21)26/h2-9,11-12,14H,10,13H2,1H3. The van der Waals surface area contributed by atoms with Gasteiger partial charge in [0, 0.05) is 42.7 Å². The van der Waals surface area contributed by atoms with Gasteiger partial charge in [0.05, 0.1) is 0 Å². The van der Waals surface area contributed by atoms with Gasteiger partial charge < -0.3 is 9.42 Å². The lowest BCUT2D eigenvalue weighted by atomic mass is 10.1. The van der Waals surface area contributed by atoms with Crippen LogP contribution in [0.2, 0.25) is 0 Å². The Morgan fingerprint density at radius 1 is 1.03 bits per heavy atom. The van der Waals surface area contributed by atoms with Crippen LogP contribution in [0, 0.1) is 5.82 Å². The van der Waals surface area contributed by atoms with Gasteiger partial charge in [0.2, 0.25) is 11.7 Å². The van der Waals surface area contributed by atoms with Gasteiger partial charge in [-0.05, 0) is 54.4 Å². The van der Waals surface area contributed by atoms with Gasteiger partial charge in [-0.1, -0.05) is 22.5 Å². The first-order chi connectivity index (χ1) is 17.1. The molecule has 172 valence electrons. The third-order valence-electron chi connectivity index (χ3n) is 5.95. The van der Waals surface area contributed by atoms with Gasteiger partial charge >= 0.3 is 0 Å². The minimum atomic E-state index is -0.441. The van der Waals surface area contributed by atoms with Crippen molar-refractivity contribution in [1.29, 1.82) is 0 Å². The number of anilines is 1. The molecule has 1 aliphatic rings. The van der Waals surface area contributed by atoms with Crippen molar-refractivity contribution in [2.75, 3.05) is 11.4 Å². The molecule has 1 amide bonds. The molecule has 0 fully saturated rings. The van der Waals surface area contributed by atoms with E-state index in [1.54, 1.807) is 54.5 Å². The van der Waals surface area contributed by atoms with E-state index in [-0.39, 0.29) is 17.5 Å². The summed E-state index contributed by atoms with van der Waals surface area (Å²) in [6.45, 7) is 2.21. The molecule has 1 aliphatic heterocycles. The van der Waals surface area contributed by atoms with Gasteiger partial charge in [-0.25, -0.2) is 9.07 Å². The number of hydrogen-bond donors (Lipinski definition) is 0. The summed E-state index contributed by atoms with van der Waals surface area (Å²) >= 11 is 0. The van der Waals surface area contributed by atoms with E-state index in [0.29, 0.717) is 29.3 Å². The zero-order valence-electron chi connectivity index (χ0n) is 18.6. The van der Waals surface area contributed by atoms with Crippen LogP contribution in [0.3, 0.4) is 0 Å². The van der Waals surface area contributed by atoms with Crippen molar-refractivity contribution in [1.82, 2.24) is 30.1 Å². The number of fused-ring (bicyclic) bond motifs is 1. The quantitative estimate of drug-likeness (QED) is 0.392. The van der Waals surface area contributed by atoms with Crippen molar-refractivity contribution in [2.24, 2.45) is 0 Å². The van der Waals surface area contributed by atoms with Gasteiger partial charge in [0.15, 0.2) is 5.69 Å². The highest BCUT2D eigenvalue weighted by atomic mass is 19.1. The first kappa shape index (κ1) is 20.8. The molecule has 0 N–H and O–H groups in total. The third kappa shape index (κ3) is 3.55. The highest BCUT2D eigenvalue weighted by Gasteiger charge is 2.26. The predicted molar refractivity (Wildman–Crippen MR) is 125 cm³/mol. The molecule has 0 saturated heterocycles. The van der Waals surface area contributed by atoms with E-state index < -0.39 is 5.82 Å². The second-order valence-corrected chi connectivity index (χ2v) is 8.07. The van der Waals surface area contributed by atoms with Crippen molar-refractivity contribution >= 4 is 11.6 Å². The molecule has 10 heteroatoms. The van der Waals surface area contributed by atoms with Crippen LogP contribution in [0.15, 0.2) is 71.5 Å². The molecule has 3 aromatic heterocycles. The summed E-state index contributed by atoms with van der Waals surface area (Å²) < 4.78 is 21.6. The van der Waals surface area contributed by atoms with Crippen LogP contribution in [0.25, 0.3) is 39.9 Å². The minimum Gasteiger partial charge on any atom is -0.332 e. The molecule has 35 heavy (non-hydrogen) atoms. The lowest BCUT2D eigenvalue weighted by Gasteiger charge is -2.14. The maximum absolute atomic E-state index is 14.6. The monoisotopic (exact) mass is 467 g/mol. The molecular weight excluding hydrogens is 449 g/mol. The number of nitrogens with zero attached hydrogens (tertiary/aromatic N) is 7. The average molecular weight is 467 g/mol. The van der Waals surface area contributed by atoms with E-state index in [4.69, 9.17) is 4.52 Å². The van der Waals surface area contributed by atoms with Crippen LogP contribution in [-0.2, 0) is 11.2 Å². The SMILES string of the molecule is CC(=O)N1CCc2cc(-c3noc(-c4nnn(-c5ccccc5F)c4-c4ccncc4)n3)ccc21. The Bertz CT molecular complexity index is 1560. The van der Waals surface area contributed by atoms with E-state index in [0.717, 1.165) is 23.2 Å². The molecule has 0 spiro atoms. The molecule has 0 radical (unpaired) electrons. The Balaban J connectivity index is 1.43. The van der Waals surface area contributed by atoms with Crippen LogP contribution in [0.4, 0.5) is 10.1 Å². The van der Waals surface area contributed by atoms with E-state index in [9.17, 15) is 9.18 Å². The normalized spacial score (nSPS) is 12.7. The lowest BCUT2D eigenvalue weighted by Crippen LogP contribution is -2.25. The molecule has 2 aromatic carbocycles. The van der Waals surface area contributed by atoms with E-state index in [1.165, 1.54) is 10.7 Å². The molecule has 0 atom stereocenters. The summed E-state index contributed by atoms with van der Waals surface area (Å²) in [4.78, 5) is 22.2. The fourth-order valence-corrected chi connectivity index (χ4v) is 4.29. The zero-order chi connectivity index (χ0) is 23.9. The number of carbonyl (C=O) groups is 1. The second kappa shape index (κ2) is 8.24. The number of pyridine rings is 1. The largest absolute Gasteiger partial charge is 0.332 e. The van der Waals surface area contributed by atoms with Crippen molar-refractivity contribution in [3.05, 3.63) is 78.4 Å². The maximum atomic E-state index is 14.6. The maximum Gasteiger partial charge on any atom is 0.281 e. The Morgan fingerprint density at radius 2 is 1.86 bits per heavy atom. The highest BCUT2D eigenvalue weighted by Crippen LogP contribution is 2.34. The average Bonchev–Trinajstić information content (AvgIpc) is 3.62. The van der Waals surface area contributed by atoms with Crippen LogP contribution < -0.4 is 4.90 Å². The number of halogens is 1.